The topological polar surface area (TPSA) is 84.7 Å². The summed E-state index contributed by atoms with van der Waals surface area (Å²) in [6, 6.07) is 0. The number of nitrogens with zero attached hydrogens (tertiary/aromatic N) is 3. The second kappa shape index (κ2) is 4.80. The minimum absolute atomic E-state index is 0.0956. The number of aromatic nitrogens is 4. The number of aromatic amines is 1. The normalized spacial score (nSPS) is 14.8. The molecule has 100 valence electrons. The van der Waals surface area contributed by atoms with Crippen molar-refractivity contribution in [2.45, 2.75) is 43.5 Å². The van der Waals surface area contributed by atoms with Crippen molar-refractivity contribution < 1.29 is 4.52 Å². The minimum atomic E-state index is -0.0956. The van der Waals surface area contributed by atoms with Crippen LogP contribution in [0.3, 0.4) is 0 Å². The van der Waals surface area contributed by atoms with Gasteiger partial charge < -0.3 is 9.51 Å². The van der Waals surface area contributed by atoms with Gasteiger partial charge in [0.1, 0.15) is 0 Å². The molecular weight excluding hydrogens is 264 g/mol. The summed E-state index contributed by atoms with van der Waals surface area (Å²) in [6.45, 7) is 3.59. The zero-order chi connectivity index (χ0) is 13.4. The van der Waals surface area contributed by atoms with Gasteiger partial charge in [-0.2, -0.15) is 4.98 Å². The summed E-state index contributed by atoms with van der Waals surface area (Å²) < 4.78 is 5.18. The molecule has 1 N–H and O–H groups in total. The third-order valence-electron chi connectivity index (χ3n) is 3.12. The van der Waals surface area contributed by atoms with Gasteiger partial charge in [0.2, 0.25) is 5.89 Å². The fraction of sp³-hybridized carbons (Fsp3) is 0.500. The van der Waals surface area contributed by atoms with Crippen LogP contribution in [0.4, 0.5) is 0 Å². The molecule has 0 aromatic carbocycles. The van der Waals surface area contributed by atoms with Crippen LogP contribution in [0.15, 0.2) is 14.5 Å². The van der Waals surface area contributed by atoms with Gasteiger partial charge in [0, 0.05) is 17.2 Å². The van der Waals surface area contributed by atoms with Gasteiger partial charge in [-0.05, 0) is 26.7 Å². The molecule has 0 radical (unpaired) electrons. The molecule has 1 saturated carbocycles. The van der Waals surface area contributed by atoms with Crippen molar-refractivity contribution >= 4 is 11.8 Å². The van der Waals surface area contributed by atoms with E-state index in [0.29, 0.717) is 28.2 Å². The van der Waals surface area contributed by atoms with Gasteiger partial charge in [-0.3, -0.25) is 4.79 Å². The molecule has 1 aliphatic rings. The first-order valence-electron chi connectivity index (χ1n) is 6.16. The van der Waals surface area contributed by atoms with Gasteiger partial charge in [0.25, 0.3) is 5.56 Å². The van der Waals surface area contributed by atoms with Crippen LogP contribution in [0.1, 0.15) is 41.7 Å². The van der Waals surface area contributed by atoms with Crippen LogP contribution < -0.4 is 5.56 Å². The molecule has 3 rings (SSSR count). The molecule has 0 aliphatic heterocycles. The van der Waals surface area contributed by atoms with Gasteiger partial charge >= 0.3 is 0 Å². The highest BCUT2D eigenvalue weighted by molar-refractivity contribution is 7.98. The van der Waals surface area contributed by atoms with Crippen LogP contribution in [0.5, 0.6) is 0 Å². The molecule has 0 spiro atoms. The smallest absolute Gasteiger partial charge is 0.254 e. The van der Waals surface area contributed by atoms with Crippen molar-refractivity contribution in [3.05, 3.63) is 33.3 Å². The molecule has 2 heterocycles. The van der Waals surface area contributed by atoms with Gasteiger partial charge in [-0.15, -0.1) is 0 Å². The summed E-state index contributed by atoms with van der Waals surface area (Å²) in [5.41, 5.74) is 1.31. The molecule has 1 fully saturated rings. The Kier molecular flexibility index (Phi) is 3.14. The summed E-state index contributed by atoms with van der Waals surface area (Å²) in [5, 5.41) is 4.52. The number of thioether (sulfide) groups is 1. The monoisotopic (exact) mass is 278 g/mol. The average Bonchev–Trinajstić information content (AvgIpc) is 3.13. The fourth-order valence-corrected chi connectivity index (χ4v) is 2.39. The van der Waals surface area contributed by atoms with Crippen LogP contribution in [0, 0.1) is 13.8 Å². The van der Waals surface area contributed by atoms with E-state index in [1.165, 1.54) is 11.8 Å². The minimum Gasteiger partial charge on any atom is -0.339 e. The standard InChI is InChI=1S/C12H14N4O2S/c1-6-7(2)13-12(15-10(6)17)19-5-9-14-11(18-16-9)8-3-4-8/h8H,3-5H2,1-2H3,(H,13,15,17). The molecule has 0 unspecified atom stereocenters. The maximum absolute atomic E-state index is 11.6. The summed E-state index contributed by atoms with van der Waals surface area (Å²) in [6.07, 6.45) is 2.28. The van der Waals surface area contributed by atoms with Gasteiger partial charge in [0.15, 0.2) is 11.0 Å². The third kappa shape index (κ3) is 2.70. The van der Waals surface area contributed by atoms with Crippen LogP contribution in [-0.4, -0.2) is 20.1 Å². The number of hydrogen-bond donors (Lipinski definition) is 1. The lowest BCUT2D eigenvalue weighted by molar-refractivity contribution is 0.375. The Morgan fingerprint density at radius 3 is 2.84 bits per heavy atom. The van der Waals surface area contributed by atoms with Crippen molar-refractivity contribution in [3.8, 4) is 0 Å². The third-order valence-corrected chi connectivity index (χ3v) is 3.99. The quantitative estimate of drug-likeness (QED) is 0.679. The van der Waals surface area contributed by atoms with E-state index in [-0.39, 0.29) is 5.56 Å². The molecule has 19 heavy (non-hydrogen) atoms. The zero-order valence-corrected chi connectivity index (χ0v) is 11.6. The van der Waals surface area contributed by atoms with Gasteiger partial charge in [-0.1, -0.05) is 16.9 Å². The van der Waals surface area contributed by atoms with Crippen molar-refractivity contribution in [2.75, 3.05) is 0 Å². The molecule has 7 heteroatoms. The summed E-state index contributed by atoms with van der Waals surface area (Å²) in [7, 11) is 0. The molecule has 0 atom stereocenters. The highest BCUT2D eigenvalue weighted by Gasteiger charge is 2.29. The Balaban J connectivity index is 1.69. The van der Waals surface area contributed by atoms with E-state index >= 15 is 0 Å². The SMILES string of the molecule is Cc1nc(SCc2noc(C3CC3)n2)[nH]c(=O)c1C. The Bertz CT molecular complexity index is 660. The second-order valence-corrected chi connectivity index (χ2v) is 5.66. The number of rotatable bonds is 4. The average molecular weight is 278 g/mol. The van der Waals surface area contributed by atoms with E-state index in [1.807, 2.05) is 6.92 Å². The van der Waals surface area contributed by atoms with E-state index in [0.717, 1.165) is 24.4 Å². The first-order valence-corrected chi connectivity index (χ1v) is 7.15. The molecular formula is C12H14N4O2S. The number of aryl methyl sites for hydroxylation is 1. The Hall–Kier alpha value is -1.63. The Morgan fingerprint density at radius 1 is 1.37 bits per heavy atom. The molecule has 2 aromatic heterocycles. The summed E-state index contributed by atoms with van der Waals surface area (Å²) in [5.74, 6) is 2.39. The summed E-state index contributed by atoms with van der Waals surface area (Å²) >= 11 is 1.40. The van der Waals surface area contributed by atoms with Crippen LogP contribution in [0.2, 0.25) is 0 Å². The lowest BCUT2D eigenvalue weighted by Gasteiger charge is -2.01. The van der Waals surface area contributed by atoms with E-state index in [4.69, 9.17) is 4.52 Å². The predicted molar refractivity (Wildman–Crippen MR) is 70.2 cm³/mol. The van der Waals surface area contributed by atoms with Crippen molar-refractivity contribution in [1.82, 2.24) is 20.1 Å². The van der Waals surface area contributed by atoms with Crippen molar-refractivity contribution in [3.63, 3.8) is 0 Å². The molecule has 6 nitrogen and oxygen atoms in total. The van der Waals surface area contributed by atoms with Gasteiger partial charge in [0.05, 0.1) is 5.75 Å². The molecule has 1 aliphatic carbocycles. The van der Waals surface area contributed by atoms with Crippen LogP contribution in [-0.2, 0) is 5.75 Å². The predicted octanol–water partition coefficient (Wildman–Crippen LogP) is 1.94. The highest BCUT2D eigenvalue weighted by Crippen LogP contribution is 2.39. The Morgan fingerprint density at radius 2 is 2.16 bits per heavy atom. The Labute approximate surface area is 114 Å². The van der Waals surface area contributed by atoms with Crippen LogP contribution in [0.25, 0.3) is 0 Å². The lowest BCUT2D eigenvalue weighted by Crippen LogP contribution is -2.14. The number of nitrogens with one attached hydrogen (secondary N) is 1. The number of H-pyrrole nitrogens is 1. The molecule has 0 saturated heterocycles. The molecule has 0 amide bonds. The van der Waals surface area contributed by atoms with E-state index in [9.17, 15) is 4.79 Å². The van der Waals surface area contributed by atoms with Crippen LogP contribution >= 0.6 is 11.8 Å². The second-order valence-electron chi connectivity index (χ2n) is 4.69. The molecule has 2 aromatic rings. The number of hydrogen-bond acceptors (Lipinski definition) is 6. The lowest BCUT2D eigenvalue weighted by atomic mass is 10.3. The van der Waals surface area contributed by atoms with E-state index < -0.39 is 0 Å². The van der Waals surface area contributed by atoms with Crippen molar-refractivity contribution in [2.24, 2.45) is 0 Å². The zero-order valence-electron chi connectivity index (χ0n) is 10.8. The van der Waals surface area contributed by atoms with E-state index in [1.54, 1.807) is 6.92 Å². The first-order chi connectivity index (χ1) is 9.13. The van der Waals surface area contributed by atoms with Crippen molar-refractivity contribution in [1.29, 1.82) is 0 Å². The fourth-order valence-electron chi connectivity index (χ4n) is 1.64. The largest absolute Gasteiger partial charge is 0.339 e. The highest BCUT2D eigenvalue weighted by atomic mass is 32.2. The molecule has 0 bridgehead atoms. The first kappa shape index (κ1) is 12.4. The maximum atomic E-state index is 11.6. The van der Waals surface area contributed by atoms with Gasteiger partial charge in [-0.25, -0.2) is 4.98 Å². The van der Waals surface area contributed by atoms with E-state index in [2.05, 4.69) is 20.1 Å². The maximum Gasteiger partial charge on any atom is 0.254 e. The summed E-state index contributed by atoms with van der Waals surface area (Å²) in [4.78, 5) is 23.0.